The number of benzene rings is 2. The summed E-state index contributed by atoms with van der Waals surface area (Å²) in [6.45, 7) is 0. The highest BCUT2D eigenvalue weighted by atomic mass is 127. The lowest BCUT2D eigenvalue weighted by atomic mass is 9.99. The molecule has 0 saturated heterocycles. The lowest BCUT2D eigenvalue weighted by molar-refractivity contribution is 0.103. The number of carbonyl (C=O) groups is 1. The highest BCUT2D eigenvalue weighted by Gasteiger charge is 2.12. The standard InChI is InChI=1S/C14H8INO/c15-12-7-5-10(6-8-12)14(17)13-4-2-1-3-11(13)9-16/h1-8H. The molecule has 2 nitrogen and oxygen atoms in total. The number of carbonyl (C=O) groups excluding carboxylic acids is 1. The monoisotopic (exact) mass is 333 g/mol. The van der Waals surface area contributed by atoms with E-state index in [-0.39, 0.29) is 5.78 Å². The van der Waals surface area contributed by atoms with Crippen LogP contribution in [0, 0.1) is 14.9 Å². The van der Waals surface area contributed by atoms with E-state index in [2.05, 4.69) is 22.6 Å². The molecule has 0 spiro atoms. The van der Waals surface area contributed by atoms with Gasteiger partial charge in [0.05, 0.1) is 11.6 Å². The van der Waals surface area contributed by atoms with Gasteiger partial charge >= 0.3 is 0 Å². The van der Waals surface area contributed by atoms with Gasteiger partial charge in [-0.25, -0.2) is 0 Å². The molecule has 0 aromatic heterocycles. The van der Waals surface area contributed by atoms with Crippen LogP contribution in [0.4, 0.5) is 0 Å². The average molecular weight is 333 g/mol. The second-order valence-corrected chi connectivity index (χ2v) is 4.74. The van der Waals surface area contributed by atoms with Gasteiger partial charge in [0.2, 0.25) is 0 Å². The third-order valence-corrected chi connectivity index (χ3v) is 3.12. The van der Waals surface area contributed by atoms with Crippen molar-refractivity contribution in [3.8, 4) is 6.07 Å². The minimum absolute atomic E-state index is 0.112. The highest BCUT2D eigenvalue weighted by molar-refractivity contribution is 14.1. The summed E-state index contributed by atoms with van der Waals surface area (Å²) in [5, 5.41) is 8.95. The molecule has 0 aliphatic rings. The van der Waals surface area contributed by atoms with Gasteiger partial charge < -0.3 is 0 Å². The maximum absolute atomic E-state index is 12.2. The van der Waals surface area contributed by atoms with Crippen LogP contribution in [0.3, 0.4) is 0 Å². The van der Waals surface area contributed by atoms with E-state index >= 15 is 0 Å². The summed E-state index contributed by atoms with van der Waals surface area (Å²) in [4.78, 5) is 12.2. The Labute approximate surface area is 113 Å². The van der Waals surface area contributed by atoms with Crippen LogP contribution in [-0.4, -0.2) is 5.78 Å². The second kappa shape index (κ2) is 5.11. The van der Waals surface area contributed by atoms with E-state index in [0.717, 1.165) is 3.57 Å². The quantitative estimate of drug-likeness (QED) is 0.624. The van der Waals surface area contributed by atoms with Crippen molar-refractivity contribution >= 4 is 28.4 Å². The largest absolute Gasteiger partial charge is 0.289 e. The number of ketones is 1. The van der Waals surface area contributed by atoms with Crippen LogP contribution in [0.1, 0.15) is 21.5 Å². The summed E-state index contributed by atoms with van der Waals surface area (Å²) in [5.74, 6) is -0.112. The van der Waals surface area contributed by atoms with Gasteiger partial charge in [0.25, 0.3) is 0 Å². The minimum atomic E-state index is -0.112. The maximum atomic E-state index is 12.2. The molecule has 0 heterocycles. The third-order valence-electron chi connectivity index (χ3n) is 2.40. The first-order valence-electron chi connectivity index (χ1n) is 5.02. The molecule has 0 saturated carbocycles. The SMILES string of the molecule is N#Cc1ccccc1C(=O)c1ccc(I)cc1. The number of nitrogens with zero attached hydrogens (tertiary/aromatic N) is 1. The normalized spacial score (nSPS) is 9.65. The van der Waals surface area contributed by atoms with Crippen LogP contribution in [0.2, 0.25) is 0 Å². The first-order valence-corrected chi connectivity index (χ1v) is 6.09. The number of nitriles is 1. The van der Waals surface area contributed by atoms with Crippen LogP contribution in [0.15, 0.2) is 48.5 Å². The molecule has 82 valence electrons. The Kier molecular flexibility index (Phi) is 3.55. The van der Waals surface area contributed by atoms with Crippen LogP contribution >= 0.6 is 22.6 Å². The molecule has 0 radical (unpaired) electrons. The zero-order chi connectivity index (χ0) is 12.3. The molecular formula is C14H8INO. The molecule has 0 atom stereocenters. The van der Waals surface area contributed by atoms with Gasteiger partial charge in [-0.05, 0) is 59.0 Å². The van der Waals surface area contributed by atoms with Crippen molar-refractivity contribution in [2.45, 2.75) is 0 Å². The summed E-state index contributed by atoms with van der Waals surface area (Å²) < 4.78 is 1.08. The summed E-state index contributed by atoms with van der Waals surface area (Å²) in [7, 11) is 0. The van der Waals surface area contributed by atoms with Gasteiger partial charge in [-0.3, -0.25) is 4.79 Å². The molecule has 2 aromatic rings. The molecule has 0 aliphatic carbocycles. The van der Waals surface area contributed by atoms with Crippen molar-refractivity contribution in [2.75, 3.05) is 0 Å². The van der Waals surface area contributed by atoms with Gasteiger partial charge in [-0.15, -0.1) is 0 Å². The van der Waals surface area contributed by atoms with Gasteiger partial charge in [-0.2, -0.15) is 5.26 Å². The number of hydrogen-bond donors (Lipinski definition) is 0. The van der Waals surface area contributed by atoms with Gasteiger partial charge in [0.1, 0.15) is 0 Å². The summed E-state index contributed by atoms with van der Waals surface area (Å²) in [6, 6.07) is 16.2. The van der Waals surface area contributed by atoms with E-state index in [9.17, 15) is 4.79 Å². The fourth-order valence-electron chi connectivity index (χ4n) is 1.54. The van der Waals surface area contributed by atoms with E-state index in [1.54, 1.807) is 36.4 Å². The van der Waals surface area contributed by atoms with Crippen molar-refractivity contribution in [1.82, 2.24) is 0 Å². The molecule has 0 N–H and O–H groups in total. The Morgan fingerprint density at radius 2 is 1.71 bits per heavy atom. The fourth-order valence-corrected chi connectivity index (χ4v) is 1.89. The molecule has 0 amide bonds. The smallest absolute Gasteiger partial charge is 0.194 e. The topological polar surface area (TPSA) is 40.9 Å². The molecule has 0 fully saturated rings. The Bertz CT molecular complexity index is 596. The number of halogens is 1. The summed E-state index contributed by atoms with van der Waals surface area (Å²) >= 11 is 2.19. The second-order valence-electron chi connectivity index (χ2n) is 3.49. The Morgan fingerprint density at radius 3 is 2.35 bits per heavy atom. The predicted molar refractivity (Wildman–Crippen MR) is 73.7 cm³/mol. The van der Waals surface area contributed by atoms with Crippen molar-refractivity contribution in [3.05, 3.63) is 68.8 Å². The minimum Gasteiger partial charge on any atom is -0.289 e. The van der Waals surface area contributed by atoms with Gasteiger partial charge in [0.15, 0.2) is 5.78 Å². The predicted octanol–water partition coefficient (Wildman–Crippen LogP) is 3.39. The summed E-state index contributed by atoms with van der Waals surface area (Å²) in [5.41, 5.74) is 1.47. The van der Waals surface area contributed by atoms with E-state index in [1.807, 2.05) is 18.2 Å². The van der Waals surface area contributed by atoms with E-state index < -0.39 is 0 Å². The molecule has 2 rings (SSSR count). The van der Waals surface area contributed by atoms with E-state index in [4.69, 9.17) is 5.26 Å². The number of rotatable bonds is 2. The molecule has 0 unspecified atom stereocenters. The van der Waals surface area contributed by atoms with Gasteiger partial charge in [0, 0.05) is 14.7 Å². The van der Waals surface area contributed by atoms with Crippen LogP contribution in [0.5, 0.6) is 0 Å². The van der Waals surface area contributed by atoms with Crippen LogP contribution in [0.25, 0.3) is 0 Å². The zero-order valence-corrected chi connectivity index (χ0v) is 11.0. The van der Waals surface area contributed by atoms with Crippen molar-refractivity contribution in [3.63, 3.8) is 0 Å². The molecule has 0 bridgehead atoms. The Balaban J connectivity index is 2.44. The molecule has 0 aliphatic heterocycles. The van der Waals surface area contributed by atoms with Crippen molar-refractivity contribution in [1.29, 1.82) is 5.26 Å². The highest BCUT2D eigenvalue weighted by Crippen LogP contribution is 2.15. The fraction of sp³-hybridized carbons (Fsp3) is 0. The van der Waals surface area contributed by atoms with Gasteiger partial charge in [-0.1, -0.05) is 12.1 Å². The maximum Gasteiger partial charge on any atom is 0.194 e. The van der Waals surface area contributed by atoms with Crippen LogP contribution < -0.4 is 0 Å². The Hall–Kier alpha value is -1.67. The van der Waals surface area contributed by atoms with E-state index in [0.29, 0.717) is 16.7 Å². The van der Waals surface area contributed by atoms with Crippen molar-refractivity contribution < 1.29 is 4.79 Å². The Morgan fingerprint density at radius 1 is 1.06 bits per heavy atom. The average Bonchev–Trinajstić information content (AvgIpc) is 2.39. The molecule has 2 aromatic carbocycles. The lowest BCUT2D eigenvalue weighted by Crippen LogP contribution is -2.03. The third kappa shape index (κ3) is 2.53. The molecular weight excluding hydrogens is 325 g/mol. The summed E-state index contributed by atoms with van der Waals surface area (Å²) in [6.07, 6.45) is 0. The van der Waals surface area contributed by atoms with Crippen molar-refractivity contribution in [2.24, 2.45) is 0 Å². The first-order chi connectivity index (χ1) is 8.22. The number of hydrogen-bond acceptors (Lipinski definition) is 2. The molecule has 3 heteroatoms. The molecule has 17 heavy (non-hydrogen) atoms. The lowest BCUT2D eigenvalue weighted by Gasteiger charge is -2.03. The zero-order valence-electron chi connectivity index (χ0n) is 8.85. The first kappa shape index (κ1) is 11.8. The van der Waals surface area contributed by atoms with Crippen LogP contribution in [-0.2, 0) is 0 Å². The van der Waals surface area contributed by atoms with E-state index in [1.165, 1.54) is 0 Å².